The molecule has 170 valence electrons. The number of benzene rings is 2. The van der Waals surface area contributed by atoms with Gasteiger partial charge in [0.25, 0.3) is 5.91 Å². The zero-order chi connectivity index (χ0) is 23.3. The number of carbonyl (C=O) groups is 1. The van der Waals surface area contributed by atoms with E-state index >= 15 is 0 Å². The molecule has 2 aliphatic rings. The van der Waals surface area contributed by atoms with Crippen LogP contribution in [0, 0.1) is 5.82 Å². The van der Waals surface area contributed by atoms with E-state index in [1.807, 2.05) is 0 Å². The second-order valence-corrected chi connectivity index (χ2v) is 7.92. The van der Waals surface area contributed by atoms with Crippen LogP contribution in [0.3, 0.4) is 0 Å². The number of halogens is 4. The van der Waals surface area contributed by atoms with Gasteiger partial charge in [0.2, 0.25) is 5.56 Å². The van der Waals surface area contributed by atoms with Gasteiger partial charge in [-0.25, -0.2) is 4.39 Å². The van der Waals surface area contributed by atoms with Crippen LogP contribution in [0.2, 0.25) is 0 Å². The van der Waals surface area contributed by atoms with Crippen LogP contribution in [0.4, 0.5) is 34.6 Å². The fourth-order valence-corrected chi connectivity index (χ4v) is 4.29. The van der Waals surface area contributed by atoms with Gasteiger partial charge in [0, 0.05) is 37.0 Å². The van der Waals surface area contributed by atoms with E-state index in [1.54, 1.807) is 11.0 Å². The summed E-state index contributed by atoms with van der Waals surface area (Å²) in [5, 5.41) is 3.20. The molecule has 2 aromatic carbocycles. The van der Waals surface area contributed by atoms with Crippen molar-refractivity contribution in [3.8, 4) is 0 Å². The van der Waals surface area contributed by atoms with Gasteiger partial charge in [-0.05, 0) is 48.0 Å². The number of nitrogens with zero attached hydrogens (tertiary/aromatic N) is 2. The fourth-order valence-electron chi connectivity index (χ4n) is 4.29. The van der Waals surface area contributed by atoms with Crippen molar-refractivity contribution in [3.63, 3.8) is 0 Å². The van der Waals surface area contributed by atoms with Crippen molar-refractivity contribution in [2.75, 3.05) is 23.0 Å². The first-order valence-electron chi connectivity index (χ1n) is 10.2. The van der Waals surface area contributed by atoms with E-state index in [4.69, 9.17) is 0 Å². The molecule has 0 saturated heterocycles. The maximum absolute atomic E-state index is 14.0. The number of aromatic amines is 1. The second kappa shape index (κ2) is 7.73. The van der Waals surface area contributed by atoms with Crippen molar-refractivity contribution in [1.29, 1.82) is 0 Å². The Bertz CT molecular complexity index is 1320. The minimum absolute atomic E-state index is 0.0190. The Morgan fingerprint density at radius 3 is 2.42 bits per heavy atom. The van der Waals surface area contributed by atoms with E-state index in [-0.39, 0.29) is 17.8 Å². The van der Waals surface area contributed by atoms with Gasteiger partial charge in [-0.1, -0.05) is 0 Å². The first-order valence-corrected chi connectivity index (χ1v) is 10.2. The average molecular weight is 458 g/mol. The number of aromatic nitrogens is 1. The predicted molar refractivity (Wildman–Crippen MR) is 114 cm³/mol. The molecule has 10 heteroatoms. The highest BCUT2D eigenvalue weighted by Crippen LogP contribution is 2.41. The lowest BCUT2D eigenvalue weighted by atomic mass is 10.0. The van der Waals surface area contributed by atoms with Crippen LogP contribution in [0.15, 0.2) is 53.3 Å². The smallest absolute Gasteiger partial charge is 0.324 e. The summed E-state index contributed by atoms with van der Waals surface area (Å²) in [6.45, 7) is 0.699. The number of nitrogens with one attached hydrogen (secondary N) is 2. The summed E-state index contributed by atoms with van der Waals surface area (Å²) in [6.07, 6.45) is -4.27. The Kier molecular flexibility index (Phi) is 4.97. The number of pyridine rings is 1. The Hall–Kier alpha value is -3.66. The third-order valence-electron chi connectivity index (χ3n) is 5.84. The van der Waals surface area contributed by atoms with E-state index in [2.05, 4.69) is 10.3 Å². The molecule has 3 aromatic rings. The highest BCUT2D eigenvalue weighted by atomic mass is 19.4. The Labute approximate surface area is 185 Å². The van der Waals surface area contributed by atoms with Crippen LogP contribution < -0.4 is 20.7 Å². The van der Waals surface area contributed by atoms with Gasteiger partial charge in [0.05, 0.1) is 22.5 Å². The third kappa shape index (κ3) is 3.76. The number of H-pyrrole nitrogens is 1. The van der Waals surface area contributed by atoms with Gasteiger partial charge in [0.1, 0.15) is 12.5 Å². The van der Waals surface area contributed by atoms with Crippen molar-refractivity contribution in [2.45, 2.75) is 19.1 Å². The summed E-state index contributed by atoms with van der Waals surface area (Å²) >= 11 is 0. The van der Waals surface area contributed by atoms with E-state index in [0.29, 0.717) is 47.8 Å². The zero-order valence-electron chi connectivity index (χ0n) is 17.2. The first-order chi connectivity index (χ1) is 15.7. The first kappa shape index (κ1) is 21.2. The molecular weight excluding hydrogens is 440 g/mol. The van der Waals surface area contributed by atoms with Crippen molar-refractivity contribution in [2.24, 2.45) is 0 Å². The second-order valence-electron chi connectivity index (χ2n) is 7.92. The molecule has 33 heavy (non-hydrogen) atoms. The summed E-state index contributed by atoms with van der Waals surface area (Å²) in [7, 11) is 0. The number of anilines is 3. The van der Waals surface area contributed by atoms with Crippen molar-refractivity contribution >= 4 is 23.0 Å². The van der Waals surface area contributed by atoms with Gasteiger partial charge < -0.3 is 15.2 Å². The van der Waals surface area contributed by atoms with Crippen LogP contribution >= 0.6 is 0 Å². The van der Waals surface area contributed by atoms with Gasteiger partial charge in [-0.3, -0.25) is 14.5 Å². The van der Waals surface area contributed by atoms with Crippen LogP contribution in [0.5, 0.6) is 0 Å². The standard InChI is InChI=1S/C23H18F4N4O2/c24-15-2-4-18-13(9-15)11-28-8-7-17-20(5-6-21(32)29-17)31-12-30(18)19-3-1-14(23(25,26)27)10-16(19)22(31)33/h1-6,9-10,28H,7-8,11-12H2,(H,29,32). The SMILES string of the molecule is O=C1c2cc(C(F)(F)F)ccc2N2CN1c1ccc(=O)[nH]c1CCNCc1cc(F)ccc12. The monoisotopic (exact) mass is 458 g/mol. The molecule has 6 nitrogen and oxygen atoms in total. The number of hydrogen-bond donors (Lipinski definition) is 2. The number of amides is 1. The minimum atomic E-state index is -4.63. The minimum Gasteiger partial charge on any atom is -0.324 e. The number of rotatable bonds is 0. The van der Waals surface area contributed by atoms with Crippen LogP contribution in [-0.2, 0) is 19.1 Å². The topological polar surface area (TPSA) is 68.4 Å². The number of alkyl halides is 3. The molecule has 1 amide bonds. The summed E-state index contributed by atoms with van der Waals surface area (Å²) in [5.74, 6) is -1.06. The van der Waals surface area contributed by atoms with E-state index in [0.717, 1.165) is 12.1 Å². The molecule has 1 aromatic heterocycles. The highest BCUT2D eigenvalue weighted by molar-refractivity contribution is 6.13. The van der Waals surface area contributed by atoms with Gasteiger partial charge >= 0.3 is 6.18 Å². The lowest BCUT2D eigenvalue weighted by Crippen LogP contribution is -2.46. The van der Waals surface area contributed by atoms with Gasteiger partial charge in [-0.15, -0.1) is 0 Å². The fraction of sp³-hybridized carbons (Fsp3) is 0.217. The number of fused-ring (bicyclic) bond motifs is 8. The zero-order valence-corrected chi connectivity index (χ0v) is 17.2. The summed E-state index contributed by atoms with van der Waals surface area (Å²) in [6, 6.07) is 9.98. The van der Waals surface area contributed by atoms with Crippen molar-refractivity contribution in [1.82, 2.24) is 10.3 Å². The quantitative estimate of drug-likeness (QED) is 0.501. The lowest BCUT2D eigenvalue weighted by Gasteiger charge is -2.39. The maximum atomic E-state index is 14.0. The largest absolute Gasteiger partial charge is 0.416 e. The molecule has 0 aliphatic carbocycles. The molecule has 0 fully saturated rings. The molecule has 0 radical (unpaired) electrons. The van der Waals surface area contributed by atoms with Crippen LogP contribution in [-0.4, -0.2) is 24.1 Å². The van der Waals surface area contributed by atoms with Crippen molar-refractivity contribution < 1.29 is 22.4 Å². The molecule has 0 unspecified atom stereocenters. The summed E-state index contributed by atoms with van der Waals surface area (Å²) in [4.78, 5) is 31.1. The van der Waals surface area contributed by atoms with E-state index < -0.39 is 23.5 Å². The molecule has 2 aliphatic heterocycles. The van der Waals surface area contributed by atoms with E-state index in [1.165, 1.54) is 35.2 Å². The van der Waals surface area contributed by atoms with E-state index in [9.17, 15) is 27.2 Å². The molecule has 2 N–H and O–H groups in total. The highest BCUT2D eigenvalue weighted by Gasteiger charge is 2.37. The molecule has 3 heterocycles. The van der Waals surface area contributed by atoms with Gasteiger partial charge in [0.15, 0.2) is 0 Å². The molecular formula is C23H18F4N4O2. The third-order valence-corrected chi connectivity index (χ3v) is 5.84. The summed E-state index contributed by atoms with van der Waals surface area (Å²) < 4.78 is 54.3. The predicted octanol–water partition coefficient (Wildman–Crippen LogP) is 3.93. The Morgan fingerprint density at radius 2 is 1.64 bits per heavy atom. The van der Waals surface area contributed by atoms with Crippen LogP contribution in [0.25, 0.3) is 0 Å². The maximum Gasteiger partial charge on any atom is 0.416 e. The normalized spacial score (nSPS) is 15.9. The molecule has 0 saturated carbocycles. The molecule has 0 spiro atoms. The number of hydrogen-bond acceptors (Lipinski definition) is 4. The number of carbonyl (C=O) groups excluding carboxylic acids is 1. The molecule has 0 atom stereocenters. The Morgan fingerprint density at radius 1 is 0.879 bits per heavy atom. The molecule has 5 rings (SSSR count). The molecule has 2 bridgehead atoms. The Balaban J connectivity index is 1.76. The van der Waals surface area contributed by atoms with Gasteiger partial charge in [-0.2, -0.15) is 13.2 Å². The van der Waals surface area contributed by atoms with Crippen molar-refractivity contribution in [3.05, 3.63) is 87.1 Å². The average Bonchev–Trinajstić information content (AvgIpc) is 2.79. The lowest BCUT2D eigenvalue weighted by molar-refractivity contribution is -0.137. The summed E-state index contributed by atoms with van der Waals surface area (Å²) in [5.41, 5.74) is 0.914. The van der Waals surface area contributed by atoms with Crippen LogP contribution in [0.1, 0.15) is 27.2 Å².